The first kappa shape index (κ1) is 14.5. The number of carbonyl (C=O) groups is 2. The van der Waals surface area contributed by atoms with Crippen LogP contribution in [0.25, 0.3) is 0 Å². The zero-order valence-electron chi connectivity index (χ0n) is 11.5. The third-order valence-electron chi connectivity index (χ3n) is 3.42. The molecule has 1 aliphatic heterocycles. The first-order valence-corrected chi connectivity index (χ1v) is 6.64. The van der Waals surface area contributed by atoms with E-state index >= 15 is 0 Å². The highest BCUT2D eigenvalue weighted by molar-refractivity contribution is 5.96. The van der Waals surface area contributed by atoms with E-state index in [4.69, 9.17) is 5.11 Å². The van der Waals surface area contributed by atoms with Crippen molar-refractivity contribution in [2.45, 2.75) is 6.92 Å². The quantitative estimate of drug-likeness (QED) is 0.748. The maximum absolute atomic E-state index is 12.0. The van der Waals surface area contributed by atoms with Crippen LogP contribution in [0.3, 0.4) is 0 Å². The number of benzene rings is 1. The lowest BCUT2D eigenvalue weighted by molar-refractivity contribution is -0.117. The van der Waals surface area contributed by atoms with Gasteiger partial charge in [-0.2, -0.15) is 0 Å². The van der Waals surface area contributed by atoms with Crippen molar-refractivity contribution in [2.24, 2.45) is 0 Å². The summed E-state index contributed by atoms with van der Waals surface area (Å²) in [6.07, 6.45) is 0. The summed E-state index contributed by atoms with van der Waals surface area (Å²) in [6, 6.07) is 4.89. The fourth-order valence-electron chi connectivity index (χ4n) is 2.26. The Hall–Kier alpha value is -1.92. The number of aromatic carboxylic acids is 1. The lowest BCUT2D eigenvalue weighted by Gasteiger charge is -2.26. The van der Waals surface area contributed by atoms with E-state index in [1.165, 1.54) is 6.07 Å². The molecule has 0 radical (unpaired) electrons. The number of carboxylic acids is 1. The highest BCUT2D eigenvalue weighted by Crippen LogP contribution is 2.18. The number of carbonyl (C=O) groups excluding carboxylic acids is 1. The molecule has 6 heteroatoms. The van der Waals surface area contributed by atoms with Gasteiger partial charge in [-0.1, -0.05) is 6.07 Å². The Kier molecular flexibility index (Phi) is 4.70. The molecule has 0 atom stereocenters. The molecular weight excluding hydrogens is 258 g/mol. The summed E-state index contributed by atoms with van der Waals surface area (Å²) in [5.74, 6) is -1.10. The summed E-state index contributed by atoms with van der Waals surface area (Å²) in [5, 5.41) is 15.1. The Morgan fingerprint density at radius 1 is 1.35 bits per heavy atom. The van der Waals surface area contributed by atoms with Gasteiger partial charge in [0.1, 0.15) is 0 Å². The molecule has 0 saturated carbocycles. The van der Waals surface area contributed by atoms with Gasteiger partial charge >= 0.3 is 5.97 Å². The van der Waals surface area contributed by atoms with Crippen molar-refractivity contribution in [2.75, 3.05) is 38.0 Å². The molecule has 0 unspecified atom stereocenters. The minimum atomic E-state index is -0.985. The molecule has 0 aliphatic carbocycles. The molecule has 1 saturated heterocycles. The third kappa shape index (κ3) is 3.55. The second kappa shape index (κ2) is 6.49. The van der Waals surface area contributed by atoms with E-state index in [1.807, 2.05) is 0 Å². The second-order valence-electron chi connectivity index (χ2n) is 4.86. The van der Waals surface area contributed by atoms with Crippen LogP contribution in [-0.2, 0) is 4.79 Å². The number of nitrogens with one attached hydrogen (secondary N) is 2. The van der Waals surface area contributed by atoms with Crippen molar-refractivity contribution in [1.29, 1.82) is 0 Å². The lowest BCUT2D eigenvalue weighted by atomic mass is 10.1. The van der Waals surface area contributed by atoms with Gasteiger partial charge in [0.15, 0.2) is 0 Å². The second-order valence-corrected chi connectivity index (χ2v) is 4.86. The van der Waals surface area contributed by atoms with Crippen LogP contribution in [0.4, 0.5) is 5.69 Å². The normalized spacial score (nSPS) is 15.8. The first-order valence-electron chi connectivity index (χ1n) is 6.64. The Morgan fingerprint density at radius 3 is 2.70 bits per heavy atom. The van der Waals surface area contributed by atoms with E-state index < -0.39 is 5.97 Å². The van der Waals surface area contributed by atoms with Crippen LogP contribution in [0.1, 0.15) is 15.9 Å². The van der Waals surface area contributed by atoms with Crippen LogP contribution in [-0.4, -0.2) is 54.6 Å². The average Bonchev–Trinajstić information content (AvgIpc) is 2.42. The summed E-state index contributed by atoms with van der Waals surface area (Å²) in [4.78, 5) is 25.1. The molecule has 3 N–H and O–H groups in total. The number of hydrogen-bond acceptors (Lipinski definition) is 4. The molecule has 2 rings (SSSR count). The van der Waals surface area contributed by atoms with Crippen molar-refractivity contribution in [3.63, 3.8) is 0 Å². The largest absolute Gasteiger partial charge is 0.478 e. The number of hydrogen-bond donors (Lipinski definition) is 3. The van der Waals surface area contributed by atoms with Crippen molar-refractivity contribution < 1.29 is 14.7 Å². The van der Waals surface area contributed by atoms with Crippen LogP contribution >= 0.6 is 0 Å². The molecule has 108 valence electrons. The van der Waals surface area contributed by atoms with Gasteiger partial charge in [-0.25, -0.2) is 4.79 Å². The molecule has 6 nitrogen and oxygen atoms in total. The summed E-state index contributed by atoms with van der Waals surface area (Å²) in [7, 11) is 0. The molecule has 1 fully saturated rings. The Balaban J connectivity index is 2.00. The van der Waals surface area contributed by atoms with E-state index in [0.717, 1.165) is 26.2 Å². The smallest absolute Gasteiger partial charge is 0.336 e. The van der Waals surface area contributed by atoms with Crippen LogP contribution in [0.15, 0.2) is 18.2 Å². The molecule has 1 heterocycles. The van der Waals surface area contributed by atoms with Crippen LogP contribution < -0.4 is 10.6 Å². The molecule has 1 aromatic rings. The molecule has 0 bridgehead atoms. The average molecular weight is 277 g/mol. The lowest BCUT2D eigenvalue weighted by Crippen LogP contribution is -2.46. The van der Waals surface area contributed by atoms with Crippen LogP contribution in [0, 0.1) is 6.92 Å². The predicted molar refractivity (Wildman–Crippen MR) is 76.1 cm³/mol. The van der Waals surface area contributed by atoms with Crippen molar-refractivity contribution in [3.05, 3.63) is 29.3 Å². The van der Waals surface area contributed by atoms with Crippen LogP contribution in [0.5, 0.6) is 0 Å². The zero-order valence-corrected chi connectivity index (χ0v) is 11.5. The number of anilines is 1. The standard InChI is InChI=1S/C14H19N3O3/c1-10-11(14(19)20)3-2-4-12(10)16-13(18)9-17-7-5-15-6-8-17/h2-4,15H,5-9H2,1H3,(H,16,18)(H,19,20). The summed E-state index contributed by atoms with van der Waals surface area (Å²) in [5.41, 5.74) is 1.35. The minimum absolute atomic E-state index is 0.113. The fourth-order valence-corrected chi connectivity index (χ4v) is 2.26. The Morgan fingerprint density at radius 2 is 2.05 bits per heavy atom. The van der Waals surface area contributed by atoms with Gasteiger partial charge in [0, 0.05) is 31.9 Å². The molecule has 1 amide bonds. The molecule has 20 heavy (non-hydrogen) atoms. The third-order valence-corrected chi connectivity index (χ3v) is 3.42. The van der Waals surface area contributed by atoms with Gasteiger partial charge in [-0.05, 0) is 24.6 Å². The van der Waals surface area contributed by atoms with Gasteiger partial charge in [0.25, 0.3) is 0 Å². The van der Waals surface area contributed by atoms with Gasteiger partial charge in [0.2, 0.25) is 5.91 Å². The Bertz CT molecular complexity index is 510. The maximum atomic E-state index is 12.0. The molecular formula is C14H19N3O3. The summed E-state index contributed by atoms with van der Waals surface area (Å²) in [6.45, 7) is 5.51. The molecule has 0 spiro atoms. The maximum Gasteiger partial charge on any atom is 0.336 e. The van der Waals surface area contributed by atoms with Gasteiger partial charge in [0.05, 0.1) is 12.1 Å². The SMILES string of the molecule is Cc1c(NC(=O)CN2CCNCC2)cccc1C(=O)O. The summed E-state index contributed by atoms with van der Waals surface area (Å²) < 4.78 is 0. The van der Waals surface area contributed by atoms with Crippen molar-refractivity contribution in [3.8, 4) is 0 Å². The van der Waals surface area contributed by atoms with Gasteiger partial charge in [-0.3, -0.25) is 9.69 Å². The monoisotopic (exact) mass is 277 g/mol. The zero-order chi connectivity index (χ0) is 14.5. The predicted octanol–water partition coefficient (Wildman–Crippen LogP) is 0.537. The van der Waals surface area contributed by atoms with Crippen molar-refractivity contribution >= 4 is 17.6 Å². The number of piperazine rings is 1. The highest BCUT2D eigenvalue weighted by atomic mass is 16.4. The fraction of sp³-hybridized carbons (Fsp3) is 0.429. The van der Waals surface area contributed by atoms with Crippen LogP contribution in [0.2, 0.25) is 0 Å². The van der Waals surface area contributed by atoms with Gasteiger partial charge in [-0.15, -0.1) is 0 Å². The highest BCUT2D eigenvalue weighted by Gasteiger charge is 2.15. The number of rotatable bonds is 4. The van der Waals surface area contributed by atoms with E-state index in [1.54, 1.807) is 19.1 Å². The molecule has 1 aliphatic rings. The topological polar surface area (TPSA) is 81.7 Å². The summed E-state index contributed by atoms with van der Waals surface area (Å²) >= 11 is 0. The van der Waals surface area contributed by atoms with Gasteiger partial charge < -0.3 is 15.7 Å². The number of amides is 1. The van der Waals surface area contributed by atoms with E-state index in [0.29, 0.717) is 17.8 Å². The minimum Gasteiger partial charge on any atom is -0.478 e. The van der Waals surface area contributed by atoms with Crippen molar-refractivity contribution in [1.82, 2.24) is 10.2 Å². The first-order chi connectivity index (χ1) is 9.58. The number of carboxylic acid groups (broad SMARTS) is 1. The van der Waals surface area contributed by atoms with E-state index in [9.17, 15) is 9.59 Å². The Labute approximate surface area is 117 Å². The molecule has 1 aromatic carbocycles. The number of nitrogens with zero attached hydrogens (tertiary/aromatic N) is 1. The van der Waals surface area contributed by atoms with E-state index in [2.05, 4.69) is 15.5 Å². The molecule has 0 aromatic heterocycles. The van der Waals surface area contributed by atoms with E-state index in [-0.39, 0.29) is 11.5 Å².